The number of benzene rings is 1. The number of nitrogens with one attached hydrogen (secondary N) is 2. The van der Waals surface area contributed by atoms with Crippen LogP contribution in [0.25, 0.3) is 0 Å². The fourth-order valence-electron chi connectivity index (χ4n) is 1.85. The zero-order chi connectivity index (χ0) is 16.3. The Hall–Kier alpha value is -0.970. The fourth-order valence-corrected chi connectivity index (χ4v) is 2.32. The molecule has 0 bridgehead atoms. The van der Waals surface area contributed by atoms with Crippen LogP contribution in [0.5, 0.6) is 0 Å². The van der Waals surface area contributed by atoms with Gasteiger partial charge in [0.1, 0.15) is 0 Å². The average molecular weight is 333 g/mol. The number of amides is 1. The highest BCUT2D eigenvalue weighted by atomic mass is 35.5. The summed E-state index contributed by atoms with van der Waals surface area (Å²) in [6.45, 7) is 8.92. The Bertz CT molecular complexity index is 515. The summed E-state index contributed by atoms with van der Waals surface area (Å²) >= 11 is 12.0. The molecule has 0 aliphatic carbocycles. The molecule has 0 fully saturated rings. The predicted octanol–water partition coefficient (Wildman–Crippen LogP) is 4.16. The number of halogens is 2. The largest absolute Gasteiger partial charge is 0.465 e. The first-order valence-electron chi connectivity index (χ1n) is 6.71. The zero-order valence-corrected chi connectivity index (χ0v) is 14.3. The minimum absolute atomic E-state index is 0.234. The van der Waals surface area contributed by atoms with Crippen LogP contribution < -0.4 is 10.6 Å². The number of carboxylic acid groups (broad SMARTS) is 1. The van der Waals surface area contributed by atoms with E-state index in [1.165, 1.54) is 0 Å². The summed E-state index contributed by atoms with van der Waals surface area (Å²) in [7, 11) is 0. The lowest BCUT2D eigenvalue weighted by Crippen LogP contribution is -2.59. The summed E-state index contributed by atoms with van der Waals surface area (Å²) in [5, 5.41) is 16.1. The highest BCUT2D eigenvalue weighted by Gasteiger charge is 2.38. The summed E-state index contributed by atoms with van der Waals surface area (Å²) in [5.41, 5.74) is 0.0903. The Balaban J connectivity index is 2.72. The Morgan fingerprint density at radius 2 is 1.86 bits per heavy atom. The van der Waals surface area contributed by atoms with Gasteiger partial charge in [-0.25, -0.2) is 4.79 Å². The van der Waals surface area contributed by atoms with E-state index in [9.17, 15) is 4.79 Å². The molecule has 0 radical (unpaired) electrons. The van der Waals surface area contributed by atoms with E-state index in [1.54, 1.807) is 12.1 Å². The smallest absolute Gasteiger partial charge is 0.405 e. The normalized spacial score (nSPS) is 14.6. The van der Waals surface area contributed by atoms with Gasteiger partial charge >= 0.3 is 6.09 Å². The molecule has 0 spiro atoms. The molecule has 1 amide bonds. The molecule has 0 heterocycles. The summed E-state index contributed by atoms with van der Waals surface area (Å²) < 4.78 is 0. The molecule has 21 heavy (non-hydrogen) atoms. The Morgan fingerprint density at radius 3 is 2.33 bits per heavy atom. The van der Waals surface area contributed by atoms with Crippen LogP contribution in [-0.2, 0) is 6.54 Å². The third-order valence-corrected chi connectivity index (χ3v) is 4.43. The minimum atomic E-state index is -1.03. The molecule has 1 rings (SSSR count). The van der Waals surface area contributed by atoms with Crippen molar-refractivity contribution in [1.82, 2.24) is 10.6 Å². The molecule has 1 atom stereocenters. The van der Waals surface area contributed by atoms with Crippen molar-refractivity contribution in [3.05, 3.63) is 33.8 Å². The summed E-state index contributed by atoms with van der Waals surface area (Å²) in [5.74, 6) is 0. The number of carbonyl (C=O) groups is 1. The van der Waals surface area contributed by atoms with Gasteiger partial charge in [0, 0.05) is 23.1 Å². The van der Waals surface area contributed by atoms with Gasteiger partial charge in [-0.1, -0.05) is 50.0 Å². The monoisotopic (exact) mass is 332 g/mol. The second-order valence-electron chi connectivity index (χ2n) is 6.35. The molecule has 0 saturated carbocycles. The van der Waals surface area contributed by atoms with Crippen LogP contribution in [-0.4, -0.2) is 23.3 Å². The van der Waals surface area contributed by atoms with E-state index in [1.807, 2.05) is 33.8 Å². The van der Waals surface area contributed by atoms with E-state index in [-0.39, 0.29) is 5.41 Å². The molecule has 0 saturated heterocycles. The van der Waals surface area contributed by atoms with Gasteiger partial charge in [0.15, 0.2) is 0 Å². The van der Waals surface area contributed by atoms with Crippen LogP contribution >= 0.6 is 23.2 Å². The van der Waals surface area contributed by atoms with Crippen molar-refractivity contribution in [3.8, 4) is 0 Å². The lowest BCUT2D eigenvalue weighted by atomic mass is 9.75. The second-order valence-corrected chi connectivity index (χ2v) is 7.20. The molecule has 118 valence electrons. The predicted molar refractivity (Wildman–Crippen MR) is 87.2 cm³/mol. The van der Waals surface area contributed by atoms with Crippen molar-refractivity contribution in [2.75, 3.05) is 6.54 Å². The van der Waals surface area contributed by atoms with Crippen molar-refractivity contribution >= 4 is 29.3 Å². The summed E-state index contributed by atoms with van der Waals surface area (Å²) in [6, 6.07) is 5.33. The maximum atomic E-state index is 11.0. The van der Waals surface area contributed by atoms with Gasteiger partial charge in [0.25, 0.3) is 0 Å². The van der Waals surface area contributed by atoms with Gasteiger partial charge in [-0.3, -0.25) is 0 Å². The fraction of sp³-hybridized carbons (Fsp3) is 0.533. The maximum absolute atomic E-state index is 11.0. The topological polar surface area (TPSA) is 61.4 Å². The standard InChI is InChI=1S/C15H22Cl2N2O2/c1-14(2,3)15(4,19-13(20)21)9-18-8-10-5-6-11(16)7-12(10)17/h5-7,18-19H,8-9H2,1-4H3,(H,20,21)/t15-/m1/s1. The molecule has 3 N–H and O–H groups in total. The van der Waals surface area contributed by atoms with E-state index < -0.39 is 11.6 Å². The van der Waals surface area contributed by atoms with Gasteiger partial charge in [0.2, 0.25) is 0 Å². The van der Waals surface area contributed by atoms with E-state index in [0.29, 0.717) is 23.1 Å². The first-order valence-corrected chi connectivity index (χ1v) is 7.46. The van der Waals surface area contributed by atoms with Crippen molar-refractivity contribution in [2.24, 2.45) is 5.41 Å². The lowest BCUT2D eigenvalue weighted by molar-refractivity contribution is 0.129. The second kappa shape index (κ2) is 6.86. The van der Waals surface area contributed by atoms with Crippen LogP contribution in [0, 0.1) is 5.41 Å². The quantitative estimate of drug-likeness (QED) is 0.758. The van der Waals surface area contributed by atoms with Crippen molar-refractivity contribution in [1.29, 1.82) is 0 Å². The van der Waals surface area contributed by atoms with Crippen molar-refractivity contribution < 1.29 is 9.90 Å². The molecule has 1 aromatic rings. The van der Waals surface area contributed by atoms with Gasteiger partial charge < -0.3 is 15.7 Å². The Morgan fingerprint density at radius 1 is 1.24 bits per heavy atom. The van der Waals surface area contributed by atoms with Crippen molar-refractivity contribution in [3.63, 3.8) is 0 Å². The molecular formula is C15H22Cl2N2O2. The number of hydrogen-bond acceptors (Lipinski definition) is 2. The van der Waals surface area contributed by atoms with Gasteiger partial charge in [-0.15, -0.1) is 0 Å². The first kappa shape index (κ1) is 18.1. The third kappa shape index (κ3) is 5.06. The molecule has 0 aliphatic heterocycles. The van der Waals surface area contributed by atoms with E-state index in [0.717, 1.165) is 5.56 Å². The van der Waals surface area contributed by atoms with Crippen LogP contribution in [0.4, 0.5) is 4.79 Å². The van der Waals surface area contributed by atoms with E-state index in [2.05, 4.69) is 10.6 Å². The van der Waals surface area contributed by atoms with Crippen LogP contribution in [0.1, 0.15) is 33.3 Å². The zero-order valence-electron chi connectivity index (χ0n) is 12.8. The maximum Gasteiger partial charge on any atom is 0.405 e. The molecular weight excluding hydrogens is 311 g/mol. The van der Waals surface area contributed by atoms with Crippen molar-refractivity contribution in [2.45, 2.75) is 39.8 Å². The molecule has 6 heteroatoms. The SMILES string of the molecule is CC(C)(C)[C@@](C)(CNCc1ccc(Cl)cc1Cl)NC(=O)O. The lowest BCUT2D eigenvalue weighted by Gasteiger charge is -2.42. The molecule has 0 unspecified atom stereocenters. The van der Waals surface area contributed by atoms with Gasteiger partial charge in [-0.2, -0.15) is 0 Å². The van der Waals surface area contributed by atoms with Crippen LogP contribution in [0.2, 0.25) is 10.0 Å². The molecule has 4 nitrogen and oxygen atoms in total. The van der Waals surface area contributed by atoms with Gasteiger partial charge in [0.05, 0.1) is 5.54 Å². The Labute approximate surface area is 135 Å². The third-order valence-electron chi connectivity index (χ3n) is 3.85. The highest BCUT2D eigenvalue weighted by molar-refractivity contribution is 6.35. The van der Waals surface area contributed by atoms with E-state index >= 15 is 0 Å². The van der Waals surface area contributed by atoms with Crippen LogP contribution in [0.3, 0.4) is 0 Å². The highest BCUT2D eigenvalue weighted by Crippen LogP contribution is 2.29. The average Bonchev–Trinajstić information content (AvgIpc) is 2.29. The minimum Gasteiger partial charge on any atom is -0.465 e. The van der Waals surface area contributed by atoms with Gasteiger partial charge in [-0.05, 0) is 30.0 Å². The Kier molecular flexibility index (Phi) is 5.91. The summed E-state index contributed by atoms with van der Waals surface area (Å²) in [4.78, 5) is 11.0. The number of hydrogen-bond donors (Lipinski definition) is 3. The molecule has 1 aromatic carbocycles. The van der Waals surface area contributed by atoms with Crippen LogP contribution in [0.15, 0.2) is 18.2 Å². The molecule has 0 aromatic heterocycles. The van der Waals surface area contributed by atoms with E-state index in [4.69, 9.17) is 28.3 Å². The molecule has 0 aliphatic rings. The summed E-state index contributed by atoms with van der Waals surface area (Å²) in [6.07, 6.45) is -1.03. The number of rotatable bonds is 5. The first-order chi connectivity index (χ1) is 9.55.